The lowest BCUT2D eigenvalue weighted by atomic mass is 10.0. The van der Waals surface area contributed by atoms with Crippen LogP contribution < -0.4 is 5.32 Å². The highest BCUT2D eigenvalue weighted by Crippen LogP contribution is 2.19. The van der Waals surface area contributed by atoms with Gasteiger partial charge in [-0.2, -0.15) is 0 Å². The smallest absolute Gasteiger partial charge is 0.305 e. The van der Waals surface area contributed by atoms with Crippen LogP contribution >= 0.6 is 11.3 Å². The number of methoxy groups -OCH3 is 1. The fourth-order valence-corrected chi connectivity index (χ4v) is 2.54. The Morgan fingerprint density at radius 3 is 2.76 bits per heavy atom. The lowest BCUT2D eigenvalue weighted by Gasteiger charge is -2.08. The van der Waals surface area contributed by atoms with E-state index in [-0.39, 0.29) is 18.3 Å². The fraction of sp³-hybridized carbons (Fsp3) is 0.267. The molecular weight excluding hydrogens is 288 g/mol. The Morgan fingerprint density at radius 1 is 1.33 bits per heavy atom. The summed E-state index contributed by atoms with van der Waals surface area (Å²) in [6, 6.07) is 7.22. The third-order valence-corrected chi connectivity index (χ3v) is 3.76. The molecule has 1 heterocycles. The van der Waals surface area contributed by atoms with Crippen LogP contribution in [0.25, 0.3) is 0 Å². The molecule has 2 aromatic rings. The molecule has 0 fully saturated rings. The molecule has 1 N–H and O–H groups in total. The van der Waals surface area contributed by atoms with Crippen LogP contribution in [0.3, 0.4) is 0 Å². The summed E-state index contributed by atoms with van der Waals surface area (Å²) in [5, 5.41) is 3.34. The average Bonchev–Trinajstić information content (AvgIpc) is 2.90. The van der Waals surface area contributed by atoms with Crippen LogP contribution in [0.2, 0.25) is 0 Å². The number of carbonyl (C=O) groups excluding carboxylic acids is 2. The number of nitrogens with one attached hydrogen (secondary N) is 1. The summed E-state index contributed by atoms with van der Waals surface area (Å²) in [5.41, 5.74) is 1.36. The Labute approximate surface area is 127 Å². The van der Waals surface area contributed by atoms with Crippen LogP contribution in [0, 0.1) is 6.92 Å². The number of nitrogens with zero attached hydrogens (tertiary/aromatic N) is 1. The van der Waals surface area contributed by atoms with E-state index in [1.54, 1.807) is 18.3 Å². The van der Waals surface area contributed by atoms with E-state index < -0.39 is 0 Å². The van der Waals surface area contributed by atoms with Crippen molar-refractivity contribution in [1.29, 1.82) is 0 Å². The molecule has 2 rings (SSSR count). The molecule has 0 radical (unpaired) electrons. The van der Waals surface area contributed by atoms with Crippen LogP contribution in [-0.4, -0.2) is 24.0 Å². The third kappa shape index (κ3) is 4.13. The first-order valence-electron chi connectivity index (χ1n) is 6.48. The summed E-state index contributed by atoms with van der Waals surface area (Å²) < 4.78 is 4.62. The third-order valence-electron chi connectivity index (χ3n) is 2.93. The van der Waals surface area contributed by atoms with E-state index in [1.807, 2.05) is 19.1 Å². The van der Waals surface area contributed by atoms with Crippen molar-refractivity contribution in [1.82, 2.24) is 4.98 Å². The van der Waals surface area contributed by atoms with Gasteiger partial charge in [0.05, 0.1) is 7.11 Å². The molecule has 1 amide bonds. The van der Waals surface area contributed by atoms with Gasteiger partial charge in [-0.05, 0) is 25.0 Å². The first-order chi connectivity index (χ1) is 10.1. The molecule has 0 saturated heterocycles. The van der Waals surface area contributed by atoms with Gasteiger partial charge < -0.3 is 4.74 Å². The lowest BCUT2D eigenvalue weighted by Crippen LogP contribution is -2.14. The van der Waals surface area contributed by atoms with Crippen molar-refractivity contribution in [2.24, 2.45) is 0 Å². The molecule has 0 spiro atoms. The Kier molecular flexibility index (Phi) is 5.05. The number of anilines is 1. The molecule has 0 atom stereocenters. The van der Waals surface area contributed by atoms with Crippen molar-refractivity contribution in [3.63, 3.8) is 0 Å². The standard InChI is InChI=1S/C15H16N2O3S/c1-10-9-16-15(21-10)17-14(19)12-6-4-3-5-11(12)7-8-13(18)20-2/h3-6,9H,7-8H2,1-2H3,(H,16,17,19). The van der Waals surface area contributed by atoms with Crippen molar-refractivity contribution in [3.8, 4) is 0 Å². The van der Waals surface area contributed by atoms with Gasteiger partial charge in [-0.25, -0.2) is 4.98 Å². The Morgan fingerprint density at radius 2 is 2.10 bits per heavy atom. The number of benzene rings is 1. The van der Waals surface area contributed by atoms with Crippen molar-refractivity contribution in [2.45, 2.75) is 19.8 Å². The van der Waals surface area contributed by atoms with E-state index >= 15 is 0 Å². The molecule has 0 bridgehead atoms. The van der Waals surface area contributed by atoms with Crippen LogP contribution in [0.15, 0.2) is 30.5 Å². The summed E-state index contributed by atoms with van der Waals surface area (Å²) in [5.74, 6) is -0.509. The second-order valence-electron chi connectivity index (χ2n) is 4.46. The predicted molar refractivity (Wildman–Crippen MR) is 81.6 cm³/mol. The number of aromatic nitrogens is 1. The normalized spacial score (nSPS) is 10.2. The van der Waals surface area contributed by atoms with E-state index in [1.165, 1.54) is 18.4 Å². The van der Waals surface area contributed by atoms with Gasteiger partial charge in [0.15, 0.2) is 5.13 Å². The second-order valence-corrected chi connectivity index (χ2v) is 5.70. The second kappa shape index (κ2) is 6.99. The van der Waals surface area contributed by atoms with Crippen LogP contribution in [0.4, 0.5) is 5.13 Å². The van der Waals surface area contributed by atoms with E-state index in [4.69, 9.17) is 0 Å². The summed E-state index contributed by atoms with van der Waals surface area (Å²) in [6.45, 7) is 1.93. The first-order valence-corrected chi connectivity index (χ1v) is 7.30. The molecule has 0 unspecified atom stereocenters. The molecular formula is C15H16N2O3S. The average molecular weight is 304 g/mol. The number of thiazole rings is 1. The van der Waals surface area contributed by atoms with Gasteiger partial charge in [0.2, 0.25) is 0 Å². The van der Waals surface area contributed by atoms with Gasteiger partial charge in [0.25, 0.3) is 5.91 Å². The van der Waals surface area contributed by atoms with Crippen LogP contribution in [0.1, 0.15) is 27.2 Å². The maximum Gasteiger partial charge on any atom is 0.305 e. The minimum absolute atomic E-state index is 0.218. The quantitative estimate of drug-likeness (QED) is 0.862. The molecule has 110 valence electrons. The number of aryl methyl sites for hydroxylation is 2. The number of hydrogen-bond donors (Lipinski definition) is 1. The Hall–Kier alpha value is -2.21. The number of hydrogen-bond acceptors (Lipinski definition) is 5. The number of amides is 1. The van der Waals surface area contributed by atoms with E-state index in [0.717, 1.165) is 10.4 Å². The maximum atomic E-state index is 12.3. The van der Waals surface area contributed by atoms with Crippen LogP contribution in [-0.2, 0) is 16.0 Å². The molecule has 1 aromatic carbocycles. The molecule has 0 aliphatic heterocycles. The lowest BCUT2D eigenvalue weighted by molar-refractivity contribution is -0.140. The molecule has 1 aromatic heterocycles. The molecule has 21 heavy (non-hydrogen) atoms. The summed E-state index contributed by atoms with van der Waals surface area (Å²) in [6.07, 6.45) is 2.42. The Bertz CT molecular complexity index is 652. The maximum absolute atomic E-state index is 12.3. The van der Waals surface area contributed by atoms with Crippen LogP contribution in [0.5, 0.6) is 0 Å². The molecule has 0 saturated carbocycles. The summed E-state index contributed by atoms with van der Waals surface area (Å²) in [7, 11) is 1.35. The van der Waals surface area contributed by atoms with Crippen molar-refractivity contribution < 1.29 is 14.3 Å². The monoisotopic (exact) mass is 304 g/mol. The first kappa shape index (κ1) is 15.2. The van der Waals surface area contributed by atoms with Gasteiger partial charge in [-0.15, -0.1) is 11.3 Å². The highest BCUT2D eigenvalue weighted by molar-refractivity contribution is 7.15. The topological polar surface area (TPSA) is 68.3 Å². The number of ether oxygens (including phenoxy) is 1. The number of carbonyl (C=O) groups is 2. The number of esters is 1. The zero-order valence-corrected chi connectivity index (χ0v) is 12.7. The van der Waals surface area contributed by atoms with Crippen molar-refractivity contribution >= 4 is 28.3 Å². The van der Waals surface area contributed by atoms with Gasteiger partial charge in [-0.1, -0.05) is 18.2 Å². The van der Waals surface area contributed by atoms with Gasteiger partial charge in [0.1, 0.15) is 0 Å². The molecule has 0 aliphatic rings. The number of rotatable bonds is 5. The van der Waals surface area contributed by atoms with Crippen molar-refractivity contribution in [2.75, 3.05) is 12.4 Å². The summed E-state index contributed by atoms with van der Waals surface area (Å²) in [4.78, 5) is 28.7. The van der Waals surface area contributed by atoms with E-state index in [9.17, 15) is 9.59 Å². The Balaban J connectivity index is 2.11. The minimum Gasteiger partial charge on any atom is -0.469 e. The van der Waals surface area contributed by atoms with Gasteiger partial charge in [-0.3, -0.25) is 14.9 Å². The van der Waals surface area contributed by atoms with E-state index in [0.29, 0.717) is 17.1 Å². The molecule has 0 aliphatic carbocycles. The highest BCUT2D eigenvalue weighted by Gasteiger charge is 2.13. The largest absolute Gasteiger partial charge is 0.469 e. The zero-order valence-electron chi connectivity index (χ0n) is 11.9. The van der Waals surface area contributed by atoms with Crippen molar-refractivity contribution in [3.05, 3.63) is 46.5 Å². The zero-order chi connectivity index (χ0) is 15.2. The highest BCUT2D eigenvalue weighted by atomic mass is 32.1. The van der Waals surface area contributed by atoms with E-state index in [2.05, 4.69) is 15.0 Å². The van der Waals surface area contributed by atoms with Gasteiger partial charge in [0, 0.05) is 23.1 Å². The van der Waals surface area contributed by atoms with Gasteiger partial charge >= 0.3 is 5.97 Å². The minimum atomic E-state index is -0.291. The SMILES string of the molecule is COC(=O)CCc1ccccc1C(=O)Nc1ncc(C)s1. The summed E-state index contributed by atoms with van der Waals surface area (Å²) >= 11 is 1.42. The predicted octanol–water partition coefficient (Wildman–Crippen LogP) is 2.81. The fourth-order valence-electron chi connectivity index (χ4n) is 1.88. The molecule has 5 nitrogen and oxygen atoms in total. The molecule has 6 heteroatoms.